The SMILES string of the molecule is C=CCc1ccc(CCC(C)O)cc1. The maximum Gasteiger partial charge on any atom is 0.0515 e. The van der Waals surface area contributed by atoms with Gasteiger partial charge in [-0.05, 0) is 37.3 Å². The lowest BCUT2D eigenvalue weighted by Gasteiger charge is -2.04. The molecule has 1 N–H and O–H groups in total. The van der Waals surface area contributed by atoms with E-state index in [9.17, 15) is 0 Å². The molecule has 0 radical (unpaired) electrons. The zero-order chi connectivity index (χ0) is 10.4. The number of rotatable bonds is 5. The van der Waals surface area contributed by atoms with E-state index in [0.717, 1.165) is 19.3 Å². The molecule has 14 heavy (non-hydrogen) atoms. The molecule has 0 saturated heterocycles. The quantitative estimate of drug-likeness (QED) is 0.708. The lowest BCUT2D eigenvalue weighted by atomic mass is 10.0. The highest BCUT2D eigenvalue weighted by Gasteiger charge is 1.97. The van der Waals surface area contributed by atoms with E-state index in [0.29, 0.717) is 0 Å². The first-order chi connectivity index (χ1) is 6.72. The number of allylic oxidation sites excluding steroid dienone is 1. The lowest BCUT2D eigenvalue weighted by Crippen LogP contribution is -2.01. The number of aliphatic hydroxyl groups is 1. The minimum Gasteiger partial charge on any atom is -0.393 e. The first-order valence-electron chi connectivity index (χ1n) is 5.09. The molecule has 0 aliphatic carbocycles. The molecule has 0 aliphatic rings. The van der Waals surface area contributed by atoms with E-state index >= 15 is 0 Å². The van der Waals surface area contributed by atoms with Gasteiger partial charge in [0.1, 0.15) is 0 Å². The van der Waals surface area contributed by atoms with E-state index in [2.05, 4.69) is 30.8 Å². The average molecular weight is 190 g/mol. The molecule has 0 spiro atoms. The van der Waals surface area contributed by atoms with Gasteiger partial charge in [0, 0.05) is 0 Å². The van der Waals surface area contributed by atoms with Crippen molar-refractivity contribution in [3.05, 3.63) is 48.0 Å². The van der Waals surface area contributed by atoms with E-state index in [4.69, 9.17) is 5.11 Å². The van der Waals surface area contributed by atoms with Crippen LogP contribution in [-0.4, -0.2) is 11.2 Å². The summed E-state index contributed by atoms with van der Waals surface area (Å²) in [6, 6.07) is 8.50. The fourth-order valence-electron chi connectivity index (χ4n) is 1.38. The summed E-state index contributed by atoms with van der Waals surface area (Å²) in [5.41, 5.74) is 2.58. The molecule has 1 nitrogen and oxygen atoms in total. The molecule has 0 aliphatic heterocycles. The van der Waals surface area contributed by atoms with Gasteiger partial charge in [-0.15, -0.1) is 6.58 Å². The number of aryl methyl sites for hydroxylation is 1. The largest absolute Gasteiger partial charge is 0.393 e. The fraction of sp³-hybridized carbons (Fsp3) is 0.385. The van der Waals surface area contributed by atoms with E-state index < -0.39 is 0 Å². The van der Waals surface area contributed by atoms with E-state index in [1.54, 1.807) is 0 Å². The Bertz CT molecular complexity index is 272. The standard InChI is InChI=1S/C13H18O/c1-3-4-12-7-9-13(10-8-12)6-5-11(2)14/h3,7-11,14H,1,4-6H2,2H3. The van der Waals surface area contributed by atoms with E-state index in [-0.39, 0.29) is 6.10 Å². The highest BCUT2D eigenvalue weighted by atomic mass is 16.3. The Morgan fingerprint density at radius 1 is 1.29 bits per heavy atom. The van der Waals surface area contributed by atoms with Gasteiger partial charge in [-0.2, -0.15) is 0 Å². The monoisotopic (exact) mass is 190 g/mol. The summed E-state index contributed by atoms with van der Waals surface area (Å²) in [7, 11) is 0. The molecule has 1 atom stereocenters. The van der Waals surface area contributed by atoms with Crippen molar-refractivity contribution < 1.29 is 5.11 Å². The molecule has 1 aromatic rings. The van der Waals surface area contributed by atoms with Crippen LogP contribution in [0.5, 0.6) is 0 Å². The minimum atomic E-state index is -0.206. The maximum absolute atomic E-state index is 9.14. The molecule has 0 bridgehead atoms. The van der Waals surface area contributed by atoms with Crippen molar-refractivity contribution in [3.63, 3.8) is 0 Å². The van der Waals surface area contributed by atoms with E-state index in [1.807, 2.05) is 13.0 Å². The average Bonchev–Trinajstić information content (AvgIpc) is 2.17. The highest BCUT2D eigenvalue weighted by molar-refractivity contribution is 5.24. The number of aliphatic hydroxyl groups excluding tert-OH is 1. The number of hydrogen-bond donors (Lipinski definition) is 1. The zero-order valence-corrected chi connectivity index (χ0v) is 8.74. The van der Waals surface area contributed by atoms with Gasteiger partial charge >= 0.3 is 0 Å². The van der Waals surface area contributed by atoms with Gasteiger partial charge < -0.3 is 5.11 Å². The van der Waals surface area contributed by atoms with Crippen LogP contribution in [0.25, 0.3) is 0 Å². The molecular weight excluding hydrogens is 172 g/mol. The summed E-state index contributed by atoms with van der Waals surface area (Å²) in [5, 5.41) is 9.14. The zero-order valence-electron chi connectivity index (χ0n) is 8.74. The molecule has 0 heterocycles. The molecule has 0 amide bonds. The van der Waals surface area contributed by atoms with Crippen LogP contribution < -0.4 is 0 Å². The van der Waals surface area contributed by atoms with Gasteiger partial charge in [-0.1, -0.05) is 30.3 Å². The van der Waals surface area contributed by atoms with Gasteiger partial charge in [0.05, 0.1) is 6.10 Å². The third-order valence-corrected chi connectivity index (χ3v) is 2.25. The molecule has 0 aromatic heterocycles. The fourth-order valence-corrected chi connectivity index (χ4v) is 1.38. The van der Waals surface area contributed by atoms with Gasteiger partial charge in [0.2, 0.25) is 0 Å². The van der Waals surface area contributed by atoms with Crippen molar-refractivity contribution in [1.82, 2.24) is 0 Å². The second-order valence-corrected chi connectivity index (χ2v) is 3.70. The molecular formula is C13H18O. The normalized spacial score (nSPS) is 12.4. The van der Waals surface area contributed by atoms with Crippen molar-refractivity contribution >= 4 is 0 Å². The maximum atomic E-state index is 9.14. The third kappa shape index (κ3) is 3.75. The Morgan fingerprint density at radius 2 is 1.86 bits per heavy atom. The number of benzene rings is 1. The van der Waals surface area contributed by atoms with Gasteiger partial charge in [0.15, 0.2) is 0 Å². The molecule has 1 rings (SSSR count). The molecule has 1 heteroatoms. The summed E-state index contributed by atoms with van der Waals surface area (Å²) < 4.78 is 0. The van der Waals surface area contributed by atoms with Crippen molar-refractivity contribution in [2.24, 2.45) is 0 Å². The number of hydrogen-bond acceptors (Lipinski definition) is 1. The van der Waals surface area contributed by atoms with Gasteiger partial charge in [-0.25, -0.2) is 0 Å². The van der Waals surface area contributed by atoms with Crippen molar-refractivity contribution in [3.8, 4) is 0 Å². The Hall–Kier alpha value is -1.08. The molecule has 0 saturated carbocycles. The topological polar surface area (TPSA) is 20.2 Å². The van der Waals surface area contributed by atoms with Crippen LogP contribution in [-0.2, 0) is 12.8 Å². The van der Waals surface area contributed by atoms with Gasteiger partial charge in [0.25, 0.3) is 0 Å². The summed E-state index contributed by atoms with van der Waals surface area (Å²) >= 11 is 0. The van der Waals surface area contributed by atoms with Crippen LogP contribution in [0.3, 0.4) is 0 Å². The summed E-state index contributed by atoms with van der Waals surface area (Å²) in [5.74, 6) is 0. The van der Waals surface area contributed by atoms with Crippen LogP contribution >= 0.6 is 0 Å². The van der Waals surface area contributed by atoms with Crippen molar-refractivity contribution in [1.29, 1.82) is 0 Å². The van der Waals surface area contributed by atoms with E-state index in [1.165, 1.54) is 11.1 Å². The Balaban J connectivity index is 2.50. The lowest BCUT2D eigenvalue weighted by molar-refractivity contribution is 0.185. The predicted octanol–water partition coefficient (Wildman–Crippen LogP) is 2.73. The van der Waals surface area contributed by atoms with Gasteiger partial charge in [-0.3, -0.25) is 0 Å². The summed E-state index contributed by atoms with van der Waals surface area (Å²) in [6.45, 7) is 5.53. The van der Waals surface area contributed by atoms with Crippen LogP contribution in [0.4, 0.5) is 0 Å². The first-order valence-corrected chi connectivity index (χ1v) is 5.09. The molecule has 1 unspecified atom stereocenters. The Kier molecular flexibility index (Phi) is 4.41. The molecule has 0 fully saturated rings. The second kappa shape index (κ2) is 5.61. The predicted molar refractivity (Wildman–Crippen MR) is 60.3 cm³/mol. The molecule has 1 aromatic carbocycles. The van der Waals surface area contributed by atoms with Crippen LogP contribution in [0, 0.1) is 0 Å². The van der Waals surface area contributed by atoms with Crippen LogP contribution in [0.15, 0.2) is 36.9 Å². The summed E-state index contributed by atoms with van der Waals surface area (Å²) in [6.07, 6.45) is 4.41. The minimum absolute atomic E-state index is 0.206. The highest BCUT2D eigenvalue weighted by Crippen LogP contribution is 2.08. The molecule has 76 valence electrons. The Morgan fingerprint density at radius 3 is 2.36 bits per heavy atom. The van der Waals surface area contributed by atoms with Crippen LogP contribution in [0.2, 0.25) is 0 Å². The Labute approximate surface area is 86.1 Å². The second-order valence-electron chi connectivity index (χ2n) is 3.70. The van der Waals surface area contributed by atoms with Crippen LogP contribution in [0.1, 0.15) is 24.5 Å². The summed E-state index contributed by atoms with van der Waals surface area (Å²) in [4.78, 5) is 0. The van der Waals surface area contributed by atoms with Crippen molar-refractivity contribution in [2.75, 3.05) is 0 Å². The first kappa shape index (κ1) is 11.0. The van der Waals surface area contributed by atoms with Crippen molar-refractivity contribution in [2.45, 2.75) is 32.3 Å². The third-order valence-electron chi connectivity index (χ3n) is 2.25. The smallest absolute Gasteiger partial charge is 0.0515 e.